The first-order chi connectivity index (χ1) is 8.02. The third kappa shape index (κ3) is 4.85. The average molecular weight is 277 g/mol. The smallest absolute Gasteiger partial charge is 0.171 e. The Bertz CT molecular complexity index is 403. The van der Waals surface area contributed by atoms with Crippen LogP contribution in [0.25, 0.3) is 0 Å². The lowest BCUT2D eigenvalue weighted by Crippen LogP contribution is -2.38. The fraction of sp³-hybridized carbons (Fsp3) is 0.364. The molecule has 1 rings (SSSR count). The molecule has 0 fully saturated rings. The Morgan fingerprint density at radius 2 is 2.29 bits per heavy atom. The summed E-state index contributed by atoms with van der Waals surface area (Å²) in [6, 6.07) is 4.42. The van der Waals surface area contributed by atoms with Gasteiger partial charge in [-0.15, -0.1) is 0 Å². The van der Waals surface area contributed by atoms with Crippen molar-refractivity contribution in [3.63, 3.8) is 0 Å². The number of halogens is 2. The van der Waals surface area contributed by atoms with E-state index in [1.807, 2.05) is 6.92 Å². The van der Waals surface area contributed by atoms with E-state index in [0.717, 1.165) is 0 Å². The van der Waals surface area contributed by atoms with E-state index in [4.69, 9.17) is 28.6 Å². The van der Waals surface area contributed by atoms with Gasteiger partial charge in [-0.25, -0.2) is 4.39 Å². The van der Waals surface area contributed by atoms with Crippen LogP contribution < -0.4 is 10.6 Å². The second-order valence-corrected chi connectivity index (χ2v) is 4.40. The highest BCUT2D eigenvalue weighted by Gasteiger charge is 2.05. The summed E-state index contributed by atoms with van der Waals surface area (Å²) in [6.07, 6.45) is 0. The van der Waals surface area contributed by atoms with E-state index in [1.165, 1.54) is 12.1 Å². The van der Waals surface area contributed by atoms with Crippen molar-refractivity contribution in [2.45, 2.75) is 13.0 Å². The average Bonchev–Trinajstić information content (AvgIpc) is 2.23. The van der Waals surface area contributed by atoms with Crippen molar-refractivity contribution in [3.05, 3.63) is 29.0 Å². The minimum absolute atomic E-state index is 0.0581. The molecule has 0 heterocycles. The van der Waals surface area contributed by atoms with Gasteiger partial charge >= 0.3 is 0 Å². The summed E-state index contributed by atoms with van der Waals surface area (Å²) in [5.41, 5.74) is 0.638. The molecular formula is C11H14ClFN2OS. The molecule has 0 saturated heterocycles. The monoisotopic (exact) mass is 276 g/mol. The van der Waals surface area contributed by atoms with Crippen LogP contribution in [-0.2, 0) is 4.74 Å². The lowest BCUT2D eigenvalue weighted by Gasteiger charge is -2.16. The number of rotatable bonds is 4. The fourth-order valence-corrected chi connectivity index (χ4v) is 1.76. The summed E-state index contributed by atoms with van der Waals surface area (Å²) in [5, 5.41) is 6.43. The number of ether oxygens (including phenoxy) is 1. The van der Waals surface area contributed by atoms with Crippen LogP contribution >= 0.6 is 23.8 Å². The molecule has 1 atom stereocenters. The van der Waals surface area contributed by atoms with Crippen molar-refractivity contribution in [2.75, 3.05) is 19.0 Å². The third-order valence-electron chi connectivity index (χ3n) is 1.97. The van der Waals surface area contributed by atoms with Crippen molar-refractivity contribution in [2.24, 2.45) is 0 Å². The van der Waals surface area contributed by atoms with Gasteiger partial charge in [0.15, 0.2) is 5.11 Å². The van der Waals surface area contributed by atoms with Crippen molar-refractivity contribution in [1.82, 2.24) is 5.32 Å². The molecule has 17 heavy (non-hydrogen) atoms. The molecule has 3 nitrogen and oxygen atoms in total. The minimum atomic E-state index is -0.455. The van der Waals surface area contributed by atoms with E-state index in [1.54, 1.807) is 13.2 Å². The van der Waals surface area contributed by atoms with Gasteiger partial charge in [0.25, 0.3) is 0 Å². The van der Waals surface area contributed by atoms with E-state index in [9.17, 15) is 4.39 Å². The van der Waals surface area contributed by atoms with Gasteiger partial charge in [0.05, 0.1) is 11.6 Å². The zero-order valence-corrected chi connectivity index (χ0v) is 11.2. The number of thiocarbonyl (C=S) groups is 1. The van der Waals surface area contributed by atoms with Crippen LogP contribution in [0.4, 0.5) is 10.1 Å². The maximum atomic E-state index is 12.9. The first kappa shape index (κ1) is 14.2. The number of anilines is 1. The first-order valence-corrected chi connectivity index (χ1v) is 5.83. The minimum Gasteiger partial charge on any atom is -0.383 e. The predicted octanol–water partition coefficient (Wildman–Crippen LogP) is 2.80. The van der Waals surface area contributed by atoms with Crippen LogP contribution in [0.1, 0.15) is 6.92 Å². The summed E-state index contributed by atoms with van der Waals surface area (Å²) in [5.74, 6) is -0.455. The Morgan fingerprint density at radius 3 is 2.88 bits per heavy atom. The molecule has 6 heteroatoms. The van der Waals surface area contributed by atoms with Gasteiger partial charge in [0.1, 0.15) is 5.82 Å². The maximum Gasteiger partial charge on any atom is 0.171 e. The van der Waals surface area contributed by atoms with Gasteiger partial charge in [0, 0.05) is 18.8 Å². The highest BCUT2D eigenvalue weighted by atomic mass is 35.5. The molecule has 0 radical (unpaired) electrons. The van der Waals surface area contributed by atoms with Crippen LogP contribution in [0.15, 0.2) is 18.2 Å². The summed E-state index contributed by atoms with van der Waals surface area (Å²) in [4.78, 5) is 0. The highest BCUT2D eigenvalue weighted by molar-refractivity contribution is 7.80. The Labute approximate surface area is 110 Å². The molecule has 1 aromatic rings. The second kappa shape index (κ2) is 6.74. The number of hydrogen-bond acceptors (Lipinski definition) is 2. The summed E-state index contributed by atoms with van der Waals surface area (Å²) >= 11 is 10.7. The Hall–Kier alpha value is -0.910. The normalized spacial score (nSPS) is 12.0. The zero-order chi connectivity index (χ0) is 12.8. The molecule has 0 spiro atoms. The number of hydrogen-bond donors (Lipinski definition) is 2. The first-order valence-electron chi connectivity index (χ1n) is 5.04. The van der Waals surface area contributed by atoms with Crippen LogP contribution in [-0.4, -0.2) is 24.9 Å². The van der Waals surface area contributed by atoms with Crippen molar-refractivity contribution in [3.8, 4) is 0 Å². The largest absolute Gasteiger partial charge is 0.383 e. The second-order valence-electron chi connectivity index (χ2n) is 3.58. The van der Waals surface area contributed by atoms with Gasteiger partial charge in [-0.1, -0.05) is 11.6 Å². The molecule has 0 aromatic heterocycles. The standard InChI is InChI=1S/C11H14ClFN2OS/c1-7(6-16-2)14-11(17)15-8-3-4-10(13)9(12)5-8/h3-5,7H,6H2,1-2H3,(H2,14,15,17). The summed E-state index contributed by atoms with van der Waals surface area (Å²) < 4.78 is 17.9. The third-order valence-corrected chi connectivity index (χ3v) is 2.48. The highest BCUT2D eigenvalue weighted by Crippen LogP contribution is 2.19. The summed E-state index contributed by atoms with van der Waals surface area (Å²) in [6.45, 7) is 2.49. The number of nitrogens with one attached hydrogen (secondary N) is 2. The van der Waals surface area contributed by atoms with Crippen LogP contribution in [0.5, 0.6) is 0 Å². The lowest BCUT2D eigenvalue weighted by atomic mass is 10.3. The molecule has 1 unspecified atom stereocenters. The van der Waals surface area contributed by atoms with E-state index >= 15 is 0 Å². The predicted molar refractivity (Wildman–Crippen MR) is 72.1 cm³/mol. The van der Waals surface area contributed by atoms with E-state index < -0.39 is 5.82 Å². The van der Waals surface area contributed by atoms with Crippen LogP contribution in [0, 0.1) is 5.82 Å². The lowest BCUT2D eigenvalue weighted by molar-refractivity contribution is 0.179. The Kier molecular flexibility index (Phi) is 5.61. The number of benzene rings is 1. The number of methoxy groups -OCH3 is 1. The Morgan fingerprint density at radius 1 is 1.59 bits per heavy atom. The van der Waals surface area contributed by atoms with Gasteiger partial charge in [0.2, 0.25) is 0 Å². The molecule has 0 aliphatic heterocycles. The SMILES string of the molecule is COCC(C)NC(=S)Nc1ccc(F)c(Cl)c1. The molecule has 2 N–H and O–H groups in total. The molecule has 0 aliphatic carbocycles. The fourth-order valence-electron chi connectivity index (χ4n) is 1.26. The summed E-state index contributed by atoms with van der Waals surface area (Å²) in [7, 11) is 1.62. The molecule has 0 aliphatic rings. The van der Waals surface area contributed by atoms with E-state index in [0.29, 0.717) is 17.4 Å². The molecule has 1 aromatic carbocycles. The topological polar surface area (TPSA) is 33.3 Å². The van der Waals surface area contributed by atoms with Gasteiger partial charge in [-0.3, -0.25) is 0 Å². The van der Waals surface area contributed by atoms with Crippen LogP contribution in [0.2, 0.25) is 5.02 Å². The van der Waals surface area contributed by atoms with E-state index in [-0.39, 0.29) is 11.1 Å². The van der Waals surface area contributed by atoms with E-state index in [2.05, 4.69) is 10.6 Å². The van der Waals surface area contributed by atoms with Crippen molar-refractivity contribution < 1.29 is 9.13 Å². The zero-order valence-electron chi connectivity index (χ0n) is 9.59. The van der Waals surface area contributed by atoms with Crippen molar-refractivity contribution >= 4 is 34.6 Å². The van der Waals surface area contributed by atoms with Crippen molar-refractivity contribution in [1.29, 1.82) is 0 Å². The molecule has 0 saturated carbocycles. The van der Waals surface area contributed by atoms with Crippen LogP contribution in [0.3, 0.4) is 0 Å². The maximum absolute atomic E-state index is 12.9. The molecule has 0 amide bonds. The Balaban J connectivity index is 2.53. The van der Waals surface area contributed by atoms with Gasteiger partial charge in [-0.2, -0.15) is 0 Å². The molecular weight excluding hydrogens is 263 g/mol. The quantitative estimate of drug-likeness (QED) is 0.829. The molecule has 94 valence electrons. The molecule has 0 bridgehead atoms. The van der Waals surface area contributed by atoms with Gasteiger partial charge < -0.3 is 15.4 Å². The van der Waals surface area contributed by atoms with Gasteiger partial charge in [-0.05, 0) is 37.3 Å².